The molecule has 0 saturated carbocycles. The van der Waals surface area contributed by atoms with Crippen molar-refractivity contribution in [3.63, 3.8) is 0 Å². The molecule has 0 amide bonds. The molecule has 94 valence electrons. The zero-order valence-corrected chi connectivity index (χ0v) is 12.1. The van der Waals surface area contributed by atoms with Crippen LogP contribution in [0.15, 0.2) is 53.1 Å². The van der Waals surface area contributed by atoms with Crippen LogP contribution in [-0.2, 0) is 0 Å². The van der Waals surface area contributed by atoms with E-state index < -0.39 is 0 Å². The van der Waals surface area contributed by atoms with Gasteiger partial charge in [-0.25, -0.2) is 4.98 Å². The first-order valence-electron chi connectivity index (χ1n) is 5.66. The Morgan fingerprint density at radius 2 is 1.84 bits per heavy atom. The number of hydrogen-bond acceptors (Lipinski definition) is 3. The molecule has 3 aromatic rings. The second-order valence-corrected chi connectivity index (χ2v) is 5.21. The van der Waals surface area contributed by atoms with Crippen molar-refractivity contribution < 1.29 is 0 Å². The molecule has 1 aromatic heterocycles. The van der Waals surface area contributed by atoms with Gasteiger partial charge in [-0.2, -0.15) is 4.98 Å². The molecule has 0 unspecified atom stereocenters. The van der Waals surface area contributed by atoms with Gasteiger partial charge < -0.3 is 5.32 Å². The molecule has 3 rings (SSSR count). The van der Waals surface area contributed by atoms with E-state index in [-0.39, 0.29) is 5.28 Å². The fourth-order valence-electron chi connectivity index (χ4n) is 1.84. The number of nitrogens with zero attached hydrogens (tertiary/aromatic N) is 2. The average molecular weight is 335 g/mol. The van der Waals surface area contributed by atoms with Crippen LogP contribution in [0.1, 0.15) is 0 Å². The summed E-state index contributed by atoms with van der Waals surface area (Å²) < 4.78 is 0.769. The molecule has 1 heterocycles. The number of hydrogen-bond donors (Lipinski definition) is 1. The van der Waals surface area contributed by atoms with Gasteiger partial charge in [-0.05, 0) is 50.4 Å². The van der Waals surface area contributed by atoms with Crippen LogP contribution in [0, 0.1) is 0 Å². The molecule has 0 saturated heterocycles. The highest BCUT2D eigenvalue weighted by atomic mass is 79.9. The van der Waals surface area contributed by atoms with Gasteiger partial charge in [0.1, 0.15) is 5.82 Å². The van der Waals surface area contributed by atoms with Gasteiger partial charge in [0.05, 0.1) is 4.47 Å². The monoisotopic (exact) mass is 333 g/mol. The van der Waals surface area contributed by atoms with E-state index in [0.717, 1.165) is 10.2 Å². The molecule has 0 aliphatic rings. The molecular weight excluding hydrogens is 326 g/mol. The van der Waals surface area contributed by atoms with E-state index in [9.17, 15) is 0 Å². The summed E-state index contributed by atoms with van der Waals surface area (Å²) >= 11 is 9.19. The minimum atomic E-state index is 0.214. The third-order valence-corrected chi connectivity index (χ3v) is 3.49. The zero-order chi connectivity index (χ0) is 13.2. The summed E-state index contributed by atoms with van der Waals surface area (Å²) in [4.78, 5) is 8.04. The Morgan fingerprint density at radius 1 is 1.05 bits per heavy atom. The lowest BCUT2D eigenvalue weighted by atomic mass is 10.1. The molecular formula is C14H9BrClN3. The first kappa shape index (κ1) is 12.4. The van der Waals surface area contributed by atoms with Crippen molar-refractivity contribution in [2.24, 2.45) is 0 Å². The number of aromatic nitrogens is 2. The van der Waals surface area contributed by atoms with Crippen LogP contribution in [0.3, 0.4) is 0 Å². The number of rotatable bonds is 2. The van der Waals surface area contributed by atoms with Crippen LogP contribution in [0.4, 0.5) is 11.5 Å². The molecule has 0 fully saturated rings. The predicted molar refractivity (Wildman–Crippen MR) is 82.0 cm³/mol. The topological polar surface area (TPSA) is 37.8 Å². The molecule has 0 atom stereocenters. The van der Waals surface area contributed by atoms with E-state index in [2.05, 4.69) is 55.5 Å². The maximum Gasteiger partial charge on any atom is 0.224 e. The van der Waals surface area contributed by atoms with E-state index in [4.69, 9.17) is 11.6 Å². The van der Waals surface area contributed by atoms with Crippen LogP contribution in [0.5, 0.6) is 0 Å². The second kappa shape index (κ2) is 5.15. The predicted octanol–water partition coefficient (Wildman–Crippen LogP) is 4.79. The fourth-order valence-corrected chi connectivity index (χ4v) is 2.26. The van der Waals surface area contributed by atoms with E-state index >= 15 is 0 Å². The van der Waals surface area contributed by atoms with E-state index in [0.29, 0.717) is 5.82 Å². The minimum absolute atomic E-state index is 0.214. The van der Waals surface area contributed by atoms with Crippen molar-refractivity contribution >= 4 is 49.8 Å². The molecule has 0 aliphatic carbocycles. The number of anilines is 2. The Bertz CT molecular complexity index is 746. The van der Waals surface area contributed by atoms with E-state index in [1.807, 2.05) is 18.2 Å². The van der Waals surface area contributed by atoms with Crippen LogP contribution in [0.25, 0.3) is 10.8 Å². The highest BCUT2D eigenvalue weighted by Crippen LogP contribution is 2.26. The lowest BCUT2D eigenvalue weighted by Gasteiger charge is -2.08. The van der Waals surface area contributed by atoms with Gasteiger partial charge in [0.25, 0.3) is 0 Å². The molecule has 0 radical (unpaired) electrons. The third-order valence-electron chi connectivity index (χ3n) is 2.73. The molecule has 3 nitrogen and oxygen atoms in total. The average Bonchev–Trinajstić information content (AvgIpc) is 2.43. The van der Waals surface area contributed by atoms with Crippen molar-refractivity contribution in [3.8, 4) is 0 Å². The summed E-state index contributed by atoms with van der Waals surface area (Å²) in [6.07, 6.45) is 1.62. The van der Waals surface area contributed by atoms with Gasteiger partial charge in [-0.3, -0.25) is 0 Å². The van der Waals surface area contributed by atoms with Crippen LogP contribution >= 0.6 is 27.5 Å². The van der Waals surface area contributed by atoms with Gasteiger partial charge in [0.15, 0.2) is 0 Å². The van der Waals surface area contributed by atoms with Gasteiger partial charge in [0.2, 0.25) is 5.28 Å². The first-order chi connectivity index (χ1) is 9.22. The van der Waals surface area contributed by atoms with E-state index in [1.165, 1.54) is 10.8 Å². The molecule has 0 aliphatic heterocycles. The smallest absolute Gasteiger partial charge is 0.224 e. The number of benzene rings is 2. The van der Waals surface area contributed by atoms with Crippen LogP contribution in [-0.4, -0.2) is 9.97 Å². The third kappa shape index (κ3) is 2.69. The highest BCUT2D eigenvalue weighted by Gasteiger charge is 2.04. The minimum Gasteiger partial charge on any atom is -0.339 e. The second-order valence-electron chi connectivity index (χ2n) is 4.02. The normalized spacial score (nSPS) is 10.6. The van der Waals surface area contributed by atoms with Crippen molar-refractivity contribution in [2.45, 2.75) is 0 Å². The molecule has 2 aromatic carbocycles. The molecule has 19 heavy (non-hydrogen) atoms. The summed E-state index contributed by atoms with van der Waals surface area (Å²) in [5.74, 6) is 0.648. The number of nitrogens with one attached hydrogen (secondary N) is 1. The Kier molecular flexibility index (Phi) is 3.36. The molecule has 0 bridgehead atoms. The quantitative estimate of drug-likeness (QED) is 0.685. The standard InChI is InChI=1S/C14H9BrClN3/c15-12-8-17-14(16)19-13(12)18-11-6-5-9-3-1-2-4-10(9)7-11/h1-8H,(H,17,18,19). The summed E-state index contributed by atoms with van der Waals surface area (Å²) in [7, 11) is 0. The lowest BCUT2D eigenvalue weighted by Crippen LogP contribution is -1.96. The van der Waals surface area contributed by atoms with Gasteiger partial charge >= 0.3 is 0 Å². The zero-order valence-electron chi connectivity index (χ0n) is 9.77. The van der Waals surface area contributed by atoms with Gasteiger partial charge in [0, 0.05) is 11.9 Å². The molecule has 0 spiro atoms. The van der Waals surface area contributed by atoms with Crippen molar-refractivity contribution in [1.29, 1.82) is 0 Å². The Labute approximate surface area is 123 Å². The van der Waals surface area contributed by atoms with E-state index in [1.54, 1.807) is 6.20 Å². The Balaban J connectivity index is 1.98. The Hall–Kier alpha value is -1.65. The molecule has 1 N–H and O–H groups in total. The summed E-state index contributed by atoms with van der Waals surface area (Å²) in [6.45, 7) is 0. The van der Waals surface area contributed by atoms with Crippen LogP contribution in [0.2, 0.25) is 5.28 Å². The first-order valence-corrected chi connectivity index (χ1v) is 6.83. The number of fused-ring (bicyclic) bond motifs is 1. The maximum atomic E-state index is 5.80. The highest BCUT2D eigenvalue weighted by molar-refractivity contribution is 9.10. The number of halogens is 2. The molecule has 5 heteroatoms. The fraction of sp³-hybridized carbons (Fsp3) is 0. The summed E-state index contributed by atoms with van der Waals surface area (Å²) in [5, 5.41) is 5.81. The van der Waals surface area contributed by atoms with Crippen LogP contribution < -0.4 is 5.32 Å². The largest absolute Gasteiger partial charge is 0.339 e. The summed E-state index contributed by atoms with van der Waals surface area (Å²) in [6, 6.07) is 14.3. The summed E-state index contributed by atoms with van der Waals surface area (Å²) in [5.41, 5.74) is 0.953. The SMILES string of the molecule is Clc1ncc(Br)c(Nc2ccc3ccccc3c2)n1. The lowest BCUT2D eigenvalue weighted by molar-refractivity contribution is 1.15. The van der Waals surface area contributed by atoms with Crippen molar-refractivity contribution in [3.05, 3.63) is 58.4 Å². The van der Waals surface area contributed by atoms with Gasteiger partial charge in [-0.15, -0.1) is 0 Å². The van der Waals surface area contributed by atoms with Crippen molar-refractivity contribution in [2.75, 3.05) is 5.32 Å². The Morgan fingerprint density at radius 3 is 2.68 bits per heavy atom. The maximum absolute atomic E-state index is 5.80. The van der Waals surface area contributed by atoms with Crippen molar-refractivity contribution in [1.82, 2.24) is 9.97 Å². The van der Waals surface area contributed by atoms with Gasteiger partial charge in [-0.1, -0.05) is 30.3 Å².